The summed E-state index contributed by atoms with van der Waals surface area (Å²) in [6.45, 7) is 7.52. The lowest BCUT2D eigenvalue weighted by atomic mass is 10.0. The van der Waals surface area contributed by atoms with E-state index < -0.39 is 16.1 Å². The molecule has 0 amide bonds. The second-order valence-corrected chi connectivity index (χ2v) is 10.6. The van der Waals surface area contributed by atoms with Crippen LogP contribution in [-0.2, 0) is 10.0 Å². The van der Waals surface area contributed by atoms with Crippen LogP contribution in [0.2, 0.25) is 0 Å². The number of aliphatic hydroxyl groups is 1. The third kappa shape index (κ3) is 5.60. The van der Waals surface area contributed by atoms with Crippen molar-refractivity contribution in [2.75, 3.05) is 52.5 Å². The Bertz CT molecular complexity index is 1050. The van der Waals surface area contributed by atoms with Gasteiger partial charge in [0, 0.05) is 38.8 Å². The van der Waals surface area contributed by atoms with E-state index in [0.29, 0.717) is 63.4 Å². The number of benzene rings is 2. The Morgan fingerprint density at radius 2 is 1.70 bits per heavy atom. The van der Waals surface area contributed by atoms with Crippen LogP contribution in [0.5, 0.6) is 17.2 Å². The Morgan fingerprint density at radius 3 is 2.42 bits per heavy atom. The van der Waals surface area contributed by atoms with E-state index >= 15 is 0 Å². The highest BCUT2D eigenvalue weighted by molar-refractivity contribution is 7.89. The van der Waals surface area contributed by atoms with Gasteiger partial charge in [0.2, 0.25) is 10.0 Å². The molecule has 2 heterocycles. The monoisotopic (exact) mass is 476 g/mol. The van der Waals surface area contributed by atoms with E-state index in [1.807, 2.05) is 24.3 Å². The number of para-hydroxylation sites is 1. The Labute approximate surface area is 195 Å². The van der Waals surface area contributed by atoms with Crippen LogP contribution in [0.1, 0.15) is 25.3 Å². The summed E-state index contributed by atoms with van der Waals surface area (Å²) < 4.78 is 44.5. The minimum absolute atomic E-state index is 0.194. The van der Waals surface area contributed by atoms with Gasteiger partial charge in [-0.25, -0.2) is 8.42 Å². The quantitative estimate of drug-likeness (QED) is 0.626. The first kappa shape index (κ1) is 23.8. The van der Waals surface area contributed by atoms with Gasteiger partial charge in [0.1, 0.15) is 31.7 Å². The summed E-state index contributed by atoms with van der Waals surface area (Å²) in [4.78, 5) is 2.27. The zero-order valence-electron chi connectivity index (χ0n) is 19.1. The van der Waals surface area contributed by atoms with Crippen molar-refractivity contribution in [1.29, 1.82) is 0 Å². The predicted molar refractivity (Wildman–Crippen MR) is 125 cm³/mol. The highest BCUT2D eigenvalue weighted by atomic mass is 32.2. The normalized spacial score (nSPS) is 18.3. The van der Waals surface area contributed by atoms with Crippen molar-refractivity contribution in [2.24, 2.45) is 0 Å². The van der Waals surface area contributed by atoms with Crippen molar-refractivity contribution >= 4 is 10.0 Å². The van der Waals surface area contributed by atoms with Crippen LogP contribution >= 0.6 is 0 Å². The first-order valence-electron chi connectivity index (χ1n) is 11.4. The molecule has 0 aromatic heterocycles. The minimum atomic E-state index is -3.62. The number of aliphatic hydroxyl groups excluding tert-OH is 1. The number of β-amino-alcohol motifs (C(OH)–C–C–N with tert-alkyl or cyclic N) is 1. The lowest BCUT2D eigenvalue weighted by molar-refractivity contribution is 0.0565. The van der Waals surface area contributed by atoms with Crippen molar-refractivity contribution in [3.05, 3.63) is 48.0 Å². The zero-order valence-corrected chi connectivity index (χ0v) is 20.0. The zero-order chi connectivity index (χ0) is 23.4. The van der Waals surface area contributed by atoms with Gasteiger partial charge in [-0.1, -0.05) is 32.0 Å². The first-order chi connectivity index (χ1) is 15.8. The summed E-state index contributed by atoms with van der Waals surface area (Å²) >= 11 is 0. The molecule has 0 bridgehead atoms. The standard InChI is InChI=1S/C24H32N2O6S/c1-18(2)21-5-3-4-6-22(21)32-17-19(27)16-25-9-11-26(12-10-25)33(28,29)20-7-8-23-24(15-20)31-14-13-30-23/h3-8,15,18-19,27H,9-14,16-17H2,1-2H3/t19-/m0/s1. The van der Waals surface area contributed by atoms with E-state index in [9.17, 15) is 13.5 Å². The van der Waals surface area contributed by atoms with Gasteiger partial charge in [0.15, 0.2) is 11.5 Å². The van der Waals surface area contributed by atoms with Crippen LogP contribution in [-0.4, -0.2) is 81.4 Å². The van der Waals surface area contributed by atoms with E-state index in [4.69, 9.17) is 14.2 Å². The summed E-state index contributed by atoms with van der Waals surface area (Å²) in [6.07, 6.45) is -0.661. The Balaban J connectivity index is 1.29. The molecular weight excluding hydrogens is 444 g/mol. The molecule has 2 aromatic carbocycles. The molecule has 9 heteroatoms. The van der Waals surface area contributed by atoms with Gasteiger partial charge >= 0.3 is 0 Å². The molecule has 4 rings (SSSR count). The van der Waals surface area contributed by atoms with Crippen LogP contribution in [0.3, 0.4) is 0 Å². The topological polar surface area (TPSA) is 88.5 Å². The first-order valence-corrected chi connectivity index (χ1v) is 12.8. The third-order valence-corrected chi connectivity index (χ3v) is 7.82. The average molecular weight is 477 g/mol. The second-order valence-electron chi connectivity index (χ2n) is 8.67. The Morgan fingerprint density at radius 1 is 1.00 bits per heavy atom. The fraction of sp³-hybridized carbons (Fsp3) is 0.500. The number of nitrogens with zero attached hydrogens (tertiary/aromatic N) is 2. The van der Waals surface area contributed by atoms with E-state index in [2.05, 4.69) is 18.7 Å². The van der Waals surface area contributed by atoms with Gasteiger partial charge < -0.3 is 19.3 Å². The molecule has 1 atom stereocenters. The molecule has 0 unspecified atom stereocenters. The molecule has 1 saturated heterocycles. The third-order valence-electron chi connectivity index (χ3n) is 5.92. The fourth-order valence-corrected chi connectivity index (χ4v) is 5.55. The second kappa shape index (κ2) is 10.3. The summed E-state index contributed by atoms with van der Waals surface area (Å²) in [6, 6.07) is 12.6. The maximum atomic E-state index is 13.1. The molecule has 1 N–H and O–H groups in total. The molecular formula is C24H32N2O6S. The SMILES string of the molecule is CC(C)c1ccccc1OC[C@@H](O)CN1CCN(S(=O)(=O)c2ccc3c(c2)OCCO3)CC1. The van der Waals surface area contributed by atoms with Gasteiger partial charge in [0.25, 0.3) is 0 Å². The molecule has 2 aliphatic rings. The van der Waals surface area contributed by atoms with Gasteiger partial charge in [-0.2, -0.15) is 4.31 Å². The molecule has 2 aromatic rings. The van der Waals surface area contributed by atoms with E-state index in [1.165, 1.54) is 10.4 Å². The van der Waals surface area contributed by atoms with Crippen LogP contribution in [0.4, 0.5) is 0 Å². The van der Waals surface area contributed by atoms with Crippen molar-refractivity contribution in [2.45, 2.75) is 30.8 Å². The Kier molecular flexibility index (Phi) is 7.43. The molecule has 0 radical (unpaired) electrons. The number of hydrogen-bond acceptors (Lipinski definition) is 7. The number of sulfonamides is 1. The maximum Gasteiger partial charge on any atom is 0.243 e. The van der Waals surface area contributed by atoms with E-state index in [-0.39, 0.29) is 11.5 Å². The molecule has 0 spiro atoms. The van der Waals surface area contributed by atoms with Gasteiger partial charge in [0.05, 0.1) is 4.90 Å². The average Bonchev–Trinajstić information content (AvgIpc) is 2.83. The smallest absolute Gasteiger partial charge is 0.243 e. The predicted octanol–water partition coefficient (Wildman–Crippen LogP) is 2.33. The molecule has 33 heavy (non-hydrogen) atoms. The largest absolute Gasteiger partial charge is 0.491 e. The summed E-state index contributed by atoms with van der Waals surface area (Å²) in [5.74, 6) is 2.16. The minimum Gasteiger partial charge on any atom is -0.491 e. The van der Waals surface area contributed by atoms with Crippen LogP contribution in [0.25, 0.3) is 0 Å². The molecule has 2 aliphatic heterocycles. The number of rotatable bonds is 8. The molecule has 8 nitrogen and oxygen atoms in total. The summed E-state index contributed by atoms with van der Waals surface area (Å²) in [7, 11) is -3.62. The van der Waals surface area contributed by atoms with Crippen molar-refractivity contribution in [1.82, 2.24) is 9.21 Å². The van der Waals surface area contributed by atoms with Gasteiger partial charge in [-0.3, -0.25) is 4.90 Å². The van der Waals surface area contributed by atoms with Gasteiger partial charge in [-0.05, 0) is 29.7 Å². The molecule has 0 saturated carbocycles. The van der Waals surface area contributed by atoms with Gasteiger partial charge in [-0.15, -0.1) is 0 Å². The lowest BCUT2D eigenvalue weighted by Crippen LogP contribution is -2.50. The van der Waals surface area contributed by atoms with Crippen LogP contribution in [0.15, 0.2) is 47.4 Å². The highest BCUT2D eigenvalue weighted by Gasteiger charge is 2.30. The molecule has 1 fully saturated rings. The van der Waals surface area contributed by atoms with Crippen LogP contribution in [0, 0.1) is 0 Å². The van der Waals surface area contributed by atoms with Crippen LogP contribution < -0.4 is 14.2 Å². The molecule has 0 aliphatic carbocycles. The van der Waals surface area contributed by atoms with Crippen molar-refractivity contribution in [3.63, 3.8) is 0 Å². The number of ether oxygens (including phenoxy) is 3. The van der Waals surface area contributed by atoms with Crippen molar-refractivity contribution in [3.8, 4) is 17.2 Å². The summed E-state index contributed by atoms with van der Waals surface area (Å²) in [5, 5.41) is 10.5. The highest BCUT2D eigenvalue weighted by Crippen LogP contribution is 2.33. The number of fused-ring (bicyclic) bond motifs is 1. The molecule has 180 valence electrons. The Hall–Kier alpha value is -2.33. The number of piperazine rings is 1. The summed E-state index contributed by atoms with van der Waals surface area (Å²) in [5.41, 5.74) is 1.11. The number of hydrogen-bond donors (Lipinski definition) is 1. The van der Waals surface area contributed by atoms with E-state index in [0.717, 1.165) is 11.3 Å². The lowest BCUT2D eigenvalue weighted by Gasteiger charge is -2.35. The fourth-order valence-electron chi connectivity index (χ4n) is 4.11. The maximum absolute atomic E-state index is 13.1. The van der Waals surface area contributed by atoms with E-state index in [1.54, 1.807) is 12.1 Å². The van der Waals surface area contributed by atoms with Crippen molar-refractivity contribution < 1.29 is 27.7 Å².